The smallest absolute Gasteiger partial charge is 0.224 e. The van der Waals surface area contributed by atoms with Gasteiger partial charge in [0.2, 0.25) is 5.91 Å². The van der Waals surface area contributed by atoms with E-state index in [9.17, 15) is 4.79 Å². The largest absolute Gasteiger partial charge is 0.371 e. The van der Waals surface area contributed by atoms with Gasteiger partial charge in [-0.2, -0.15) is 0 Å². The van der Waals surface area contributed by atoms with Crippen molar-refractivity contribution in [1.82, 2.24) is 0 Å². The van der Waals surface area contributed by atoms with Crippen LogP contribution in [-0.2, 0) is 4.79 Å². The summed E-state index contributed by atoms with van der Waals surface area (Å²) in [5.74, 6) is 0.587. The predicted octanol–water partition coefficient (Wildman–Crippen LogP) is 4.36. The van der Waals surface area contributed by atoms with E-state index in [-0.39, 0.29) is 5.91 Å². The van der Waals surface area contributed by atoms with Crippen LogP contribution in [0.25, 0.3) is 0 Å². The van der Waals surface area contributed by atoms with E-state index >= 15 is 0 Å². The van der Waals surface area contributed by atoms with Gasteiger partial charge >= 0.3 is 0 Å². The summed E-state index contributed by atoms with van der Waals surface area (Å²) < 4.78 is 0. The first kappa shape index (κ1) is 15.9. The summed E-state index contributed by atoms with van der Waals surface area (Å²) in [5, 5.41) is 3.03. The highest BCUT2D eigenvalue weighted by Gasteiger charge is 2.15. The number of carbonyl (C=O) groups excluding carboxylic acids is 1. The average Bonchev–Trinajstić information content (AvgIpc) is 2.92. The molecule has 1 N–H and O–H groups in total. The van der Waals surface area contributed by atoms with Crippen LogP contribution in [0.5, 0.6) is 0 Å². The molecule has 1 amide bonds. The lowest BCUT2D eigenvalue weighted by Crippen LogP contribution is -2.19. The molecule has 0 aliphatic carbocycles. The third kappa shape index (κ3) is 4.48. The SMILES string of the molecule is CCCC(C)CC(=O)Nc1ccc(N2CCCC2)c(C)c1. The normalized spacial score (nSPS) is 16.0. The lowest BCUT2D eigenvalue weighted by molar-refractivity contribution is -0.117. The first-order chi connectivity index (χ1) is 10.1. The molecule has 21 heavy (non-hydrogen) atoms. The molecular weight excluding hydrogens is 260 g/mol. The van der Waals surface area contributed by atoms with E-state index in [4.69, 9.17) is 0 Å². The summed E-state index contributed by atoms with van der Waals surface area (Å²) in [6.07, 6.45) is 5.43. The minimum Gasteiger partial charge on any atom is -0.371 e. The van der Waals surface area contributed by atoms with Crippen molar-refractivity contribution in [3.8, 4) is 0 Å². The van der Waals surface area contributed by atoms with Crippen LogP contribution >= 0.6 is 0 Å². The molecule has 0 bridgehead atoms. The summed E-state index contributed by atoms with van der Waals surface area (Å²) in [5.41, 5.74) is 3.48. The Morgan fingerprint density at radius 2 is 2.05 bits per heavy atom. The van der Waals surface area contributed by atoms with Crippen molar-refractivity contribution in [2.24, 2.45) is 5.92 Å². The fourth-order valence-electron chi connectivity index (χ4n) is 3.17. The Morgan fingerprint density at radius 1 is 1.33 bits per heavy atom. The fraction of sp³-hybridized carbons (Fsp3) is 0.611. The second kappa shape index (κ2) is 7.48. The molecule has 0 saturated carbocycles. The van der Waals surface area contributed by atoms with E-state index in [0.29, 0.717) is 12.3 Å². The van der Waals surface area contributed by atoms with E-state index < -0.39 is 0 Å². The molecule has 1 atom stereocenters. The zero-order valence-electron chi connectivity index (χ0n) is 13.6. The monoisotopic (exact) mass is 288 g/mol. The molecule has 1 aromatic rings. The Labute approximate surface area is 128 Å². The Balaban J connectivity index is 1.95. The molecule has 0 aromatic heterocycles. The van der Waals surface area contributed by atoms with Crippen molar-refractivity contribution < 1.29 is 4.79 Å². The fourth-order valence-corrected chi connectivity index (χ4v) is 3.17. The maximum absolute atomic E-state index is 12.0. The highest BCUT2D eigenvalue weighted by atomic mass is 16.1. The van der Waals surface area contributed by atoms with Crippen molar-refractivity contribution in [3.63, 3.8) is 0 Å². The number of carbonyl (C=O) groups is 1. The van der Waals surface area contributed by atoms with Gasteiger partial charge in [0.1, 0.15) is 0 Å². The van der Waals surface area contributed by atoms with Crippen LogP contribution in [0.1, 0.15) is 51.5 Å². The molecule has 3 heteroatoms. The van der Waals surface area contributed by atoms with Gasteiger partial charge in [0.25, 0.3) is 0 Å². The van der Waals surface area contributed by atoms with Gasteiger partial charge in [-0.15, -0.1) is 0 Å². The molecule has 0 radical (unpaired) electrons. The van der Waals surface area contributed by atoms with E-state index in [1.54, 1.807) is 0 Å². The molecule has 116 valence electrons. The second-order valence-corrected chi connectivity index (χ2v) is 6.34. The number of nitrogens with zero attached hydrogens (tertiary/aromatic N) is 1. The molecule has 1 aliphatic rings. The highest BCUT2D eigenvalue weighted by Crippen LogP contribution is 2.26. The number of benzene rings is 1. The van der Waals surface area contributed by atoms with Gasteiger partial charge < -0.3 is 10.2 Å². The standard InChI is InChI=1S/C18H28N2O/c1-4-7-14(2)12-18(21)19-16-8-9-17(15(3)13-16)20-10-5-6-11-20/h8-9,13-14H,4-7,10-12H2,1-3H3,(H,19,21). The zero-order chi connectivity index (χ0) is 15.2. The average molecular weight is 288 g/mol. The molecule has 1 aliphatic heterocycles. The Bertz CT molecular complexity index is 478. The van der Waals surface area contributed by atoms with Gasteiger partial charge in [-0.1, -0.05) is 26.7 Å². The number of rotatable bonds is 6. The van der Waals surface area contributed by atoms with Crippen molar-refractivity contribution >= 4 is 17.3 Å². The summed E-state index contributed by atoms with van der Waals surface area (Å²) >= 11 is 0. The van der Waals surface area contributed by atoms with Crippen LogP contribution in [0.3, 0.4) is 0 Å². The highest BCUT2D eigenvalue weighted by molar-refractivity contribution is 5.91. The molecule has 1 aromatic carbocycles. The number of hydrogen-bond acceptors (Lipinski definition) is 2. The Hall–Kier alpha value is -1.51. The number of hydrogen-bond donors (Lipinski definition) is 1. The van der Waals surface area contributed by atoms with Crippen LogP contribution in [-0.4, -0.2) is 19.0 Å². The van der Waals surface area contributed by atoms with Gasteiger partial charge in [0.05, 0.1) is 0 Å². The molecule has 0 spiro atoms. The third-order valence-electron chi connectivity index (χ3n) is 4.24. The number of anilines is 2. The molecule has 3 nitrogen and oxygen atoms in total. The summed E-state index contributed by atoms with van der Waals surface area (Å²) in [6.45, 7) is 8.74. The summed E-state index contributed by atoms with van der Waals surface area (Å²) in [7, 11) is 0. The Kier molecular flexibility index (Phi) is 5.66. The second-order valence-electron chi connectivity index (χ2n) is 6.34. The topological polar surface area (TPSA) is 32.3 Å². The van der Waals surface area contributed by atoms with Gasteiger partial charge in [-0.05, 0) is 49.4 Å². The minimum atomic E-state index is 0.129. The minimum absolute atomic E-state index is 0.129. The predicted molar refractivity (Wildman–Crippen MR) is 89.9 cm³/mol. The summed E-state index contributed by atoms with van der Waals surface area (Å²) in [6, 6.07) is 6.27. The van der Waals surface area contributed by atoms with E-state index in [1.165, 1.54) is 24.1 Å². The van der Waals surface area contributed by atoms with E-state index in [0.717, 1.165) is 31.6 Å². The van der Waals surface area contributed by atoms with Crippen LogP contribution in [0.4, 0.5) is 11.4 Å². The molecular formula is C18H28N2O. The van der Waals surface area contributed by atoms with Gasteiger partial charge in [-0.3, -0.25) is 4.79 Å². The first-order valence-corrected chi connectivity index (χ1v) is 8.25. The quantitative estimate of drug-likeness (QED) is 0.843. The van der Waals surface area contributed by atoms with E-state index in [2.05, 4.69) is 43.1 Å². The van der Waals surface area contributed by atoms with E-state index in [1.807, 2.05) is 6.07 Å². The van der Waals surface area contributed by atoms with Crippen molar-refractivity contribution in [2.75, 3.05) is 23.3 Å². The lowest BCUT2D eigenvalue weighted by Gasteiger charge is -2.21. The van der Waals surface area contributed by atoms with Crippen LogP contribution in [0.15, 0.2) is 18.2 Å². The molecule has 1 fully saturated rings. The van der Waals surface area contributed by atoms with Crippen LogP contribution in [0.2, 0.25) is 0 Å². The van der Waals surface area contributed by atoms with Crippen LogP contribution in [0, 0.1) is 12.8 Å². The van der Waals surface area contributed by atoms with Gasteiger partial charge in [0, 0.05) is 30.9 Å². The number of amides is 1. The Morgan fingerprint density at radius 3 is 2.67 bits per heavy atom. The maximum Gasteiger partial charge on any atom is 0.224 e. The molecule has 2 rings (SSSR count). The first-order valence-electron chi connectivity index (χ1n) is 8.25. The third-order valence-corrected chi connectivity index (χ3v) is 4.24. The molecule has 1 heterocycles. The van der Waals surface area contributed by atoms with Crippen LogP contribution < -0.4 is 10.2 Å². The van der Waals surface area contributed by atoms with Crippen molar-refractivity contribution in [3.05, 3.63) is 23.8 Å². The summed E-state index contributed by atoms with van der Waals surface area (Å²) in [4.78, 5) is 14.5. The lowest BCUT2D eigenvalue weighted by atomic mass is 10.0. The molecule has 1 unspecified atom stereocenters. The number of aryl methyl sites for hydroxylation is 1. The zero-order valence-corrected chi connectivity index (χ0v) is 13.6. The number of nitrogens with one attached hydrogen (secondary N) is 1. The van der Waals surface area contributed by atoms with Gasteiger partial charge in [0.15, 0.2) is 0 Å². The van der Waals surface area contributed by atoms with Crippen molar-refractivity contribution in [2.45, 2.75) is 52.9 Å². The van der Waals surface area contributed by atoms with Gasteiger partial charge in [-0.25, -0.2) is 0 Å². The maximum atomic E-state index is 12.0. The van der Waals surface area contributed by atoms with Crippen molar-refractivity contribution in [1.29, 1.82) is 0 Å². The molecule has 1 saturated heterocycles.